The highest BCUT2D eigenvalue weighted by Crippen LogP contribution is 2.27. The highest BCUT2D eigenvalue weighted by molar-refractivity contribution is 7.07. The molecule has 2 saturated heterocycles. The van der Waals surface area contributed by atoms with Gasteiger partial charge in [0.05, 0.1) is 17.7 Å². The fourth-order valence-corrected chi connectivity index (χ4v) is 3.42. The van der Waals surface area contributed by atoms with Gasteiger partial charge in [0.15, 0.2) is 0 Å². The highest BCUT2D eigenvalue weighted by atomic mass is 32.1. The van der Waals surface area contributed by atoms with Crippen LogP contribution in [0.5, 0.6) is 0 Å². The summed E-state index contributed by atoms with van der Waals surface area (Å²) in [5.41, 5.74) is 2.18. The van der Waals surface area contributed by atoms with Gasteiger partial charge in [0, 0.05) is 24.6 Å². The number of likely N-dealkylation sites (N-methyl/N-ethyl adjacent to an activating group) is 1. The van der Waals surface area contributed by atoms with Crippen LogP contribution in [-0.4, -0.2) is 71.4 Å². The number of halogens is 3. The number of alkyl halides is 3. The first-order chi connectivity index (χ1) is 11.7. The number of hydrogen-bond donors (Lipinski definition) is 2. The molecule has 1 aromatic heterocycles. The molecule has 1 aromatic rings. The number of carboxylic acids is 1. The van der Waals surface area contributed by atoms with Crippen molar-refractivity contribution in [2.24, 2.45) is 0 Å². The van der Waals surface area contributed by atoms with Crippen molar-refractivity contribution < 1.29 is 32.6 Å². The van der Waals surface area contributed by atoms with Gasteiger partial charge >= 0.3 is 12.1 Å². The summed E-state index contributed by atoms with van der Waals surface area (Å²) >= 11 is 1.44. The average molecular weight is 381 g/mol. The van der Waals surface area contributed by atoms with Gasteiger partial charge in [-0.25, -0.2) is 9.78 Å². The molecule has 2 fully saturated rings. The maximum absolute atomic E-state index is 12.0. The Morgan fingerprint density at radius 3 is 2.72 bits per heavy atom. The minimum absolute atomic E-state index is 0.0782. The Bertz CT molecular complexity index is 597. The topological polar surface area (TPSA) is 91.8 Å². The lowest BCUT2D eigenvalue weighted by Crippen LogP contribution is -2.47. The fraction of sp³-hybridized carbons (Fsp3) is 0.643. The number of aromatic nitrogens is 1. The number of hydrogen-bond acceptors (Lipinski definition) is 6. The van der Waals surface area contributed by atoms with Crippen molar-refractivity contribution in [1.82, 2.24) is 15.2 Å². The van der Waals surface area contributed by atoms with Crippen molar-refractivity contribution in [3.8, 4) is 0 Å². The second kappa shape index (κ2) is 8.11. The standard InChI is InChI=1S/C12H17N3O2S.C2HF3O2/c1-15-5-8(11-10(15)3-2-4-17-11)14-12(16)9-6-18-7-13-9;3-2(4,5)1(6)7/h6-8,10-11H,2-5H2,1H3,(H,14,16);(H,6,7)/t8-,10-,11-;/m0./s1. The fourth-order valence-electron chi connectivity index (χ4n) is 2.89. The van der Waals surface area contributed by atoms with Gasteiger partial charge in [-0.3, -0.25) is 9.69 Å². The first-order valence-electron chi connectivity index (χ1n) is 7.51. The molecule has 1 amide bonds. The number of fused-ring (bicyclic) bond motifs is 1. The molecule has 0 aromatic carbocycles. The summed E-state index contributed by atoms with van der Waals surface area (Å²) in [5.74, 6) is -2.85. The molecule has 25 heavy (non-hydrogen) atoms. The van der Waals surface area contributed by atoms with E-state index >= 15 is 0 Å². The Kier molecular flexibility index (Phi) is 6.36. The second-order valence-corrected chi connectivity index (χ2v) is 6.46. The summed E-state index contributed by atoms with van der Waals surface area (Å²) in [6, 6.07) is 0.522. The molecular weight excluding hydrogens is 363 g/mol. The molecule has 3 rings (SSSR count). The van der Waals surface area contributed by atoms with Gasteiger partial charge < -0.3 is 15.2 Å². The van der Waals surface area contributed by atoms with E-state index in [4.69, 9.17) is 14.6 Å². The maximum atomic E-state index is 12.0. The third kappa shape index (κ3) is 5.13. The van der Waals surface area contributed by atoms with Crippen molar-refractivity contribution in [3.63, 3.8) is 0 Å². The first-order valence-corrected chi connectivity index (χ1v) is 8.45. The summed E-state index contributed by atoms with van der Waals surface area (Å²) in [6.07, 6.45) is -2.69. The minimum Gasteiger partial charge on any atom is -0.475 e. The normalized spacial score (nSPS) is 26.3. The number of thiazole rings is 1. The number of likely N-dealkylation sites (tertiary alicyclic amines) is 1. The van der Waals surface area contributed by atoms with Crippen LogP contribution >= 0.6 is 11.3 Å². The molecule has 0 spiro atoms. The van der Waals surface area contributed by atoms with Gasteiger partial charge in [0.1, 0.15) is 5.69 Å². The zero-order valence-corrected chi connectivity index (χ0v) is 14.1. The number of carbonyl (C=O) groups is 2. The van der Waals surface area contributed by atoms with Crippen LogP contribution in [0.1, 0.15) is 23.3 Å². The molecule has 0 aliphatic carbocycles. The van der Waals surface area contributed by atoms with Crippen molar-refractivity contribution >= 4 is 23.2 Å². The summed E-state index contributed by atoms with van der Waals surface area (Å²) < 4.78 is 37.6. The number of aliphatic carboxylic acids is 1. The van der Waals surface area contributed by atoms with Crippen LogP contribution in [0.2, 0.25) is 0 Å². The molecule has 0 saturated carbocycles. The largest absolute Gasteiger partial charge is 0.490 e. The third-order valence-corrected chi connectivity index (χ3v) is 4.59. The van der Waals surface area contributed by atoms with E-state index in [0.29, 0.717) is 11.7 Å². The predicted molar refractivity (Wildman–Crippen MR) is 82.5 cm³/mol. The summed E-state index contributed by atoms with van der Waals surface area (Å²) in [6.45, 7) is 1.66. The molecular formula is C14H18F3N3O4S. The Morgan fingerprint density at radius 1 is 1.48 bits per heavy atom. The summed E-state index contributed by atoms with van der Waals surface area (Å²) in [7, 11) is 2.10. The van der Waals surface area contributed by atoms with Gasteiger partial charge in [-0.2, -0.15) is 13.2 Å². The number of carbonyl (C=O) groups excluding carboxylic acids is 1. The van der Waals surface area contributed by atoms with E-state index in [2.05, 4.69) is 22.2 Å². The Balaban J connectivity index is 0.000000277. The molecule has 3 atom stereocenters. The minimum atomic E-state index is -5.08. The van der Waals surface area contributed by atoms with E-state index in [-0.39, 0.29) is 18.1 Å². The van der Waals surface area contributed by atoms with Gasteiger partial charge in [-0.05, 0) is 19.9 Å². The smallest absolute Gasteiger partial charge is 0.475 e. The molecule has 0 bridgehead atoms. The Hall–Kier alpha value is -1.72. The number of ether oxygens (including phenoxy) is 1. The molecule has 2 aliphatic rings. The number of amides is 1. The zero-order valence-electron chi connectivity index (χ0n) is 13.3. The van der Waals surface area contributed by atoms with E-state index in [0.717, 1.165) is 26.0 Å². The predicted octanol–water partition coefficient (Wildman–Crippen LogP) is 1.37. The van der Waals surface area contributed by atoms with Crippen LogP contribution in [0, 0.1) is 0 Å². The molecule has 3 heterocycles. The molecule has 0 radical (unpaired) electrons. The van der Waals surface area contributed by atoms with Crippen molar-refractivity contribution in [1.29, 1.82) is 0 Å². The molecule has 11 heteroatoms. The van der Waals surface area contributed by atoms with Crippen LogP contribution in [0.25, 0.3) is 0 Å². The number of rotatable bonds is 2. The molecule has 2 N–H and O–H groups in total. The monoisotopic (exact) mass is 381 g/mol. The van der Waals surface area contributed by atoms with Crippen LogP contribution < -0.4 is 5.32 Å². The lowest BCUT2D eigenvalue weighted by Gasteiger charge is -2.31. The van der Waals surface area contributed by atoms with E-state index < -0.39 is 12.1 Å². The lowest BCUT2D eigenvalue weighted by atomic mass is 10.0. The van der Waals surface area contributed by atoms with E-state index in [1.165, 1.54) is 11.3 Å². The number of nitrogens with one attached hydrogen (secondary N) is 1. The number of carboxylic acid groups (broad SMARTS) is 1. The highest BCUT2D eigenvalue weighted by Gasteiger charge is 2.43. The van der Waals surface area contributed by atoms with Crippen molar-refractivity contribution in [3.05, 3.63) is 16.6 Å². The van der Waals surface area contributed by atoms with Gasteiger partial charge in [0.25, 0.3) is 5.91 Å². The van der Waals surface area contributed by atoms with E-state index in [1.807, 2.05) is 0 Å². The summed E-state index contributed by atoms with van der Waals surface area (Å²) in [5, 5.41) is 11.9. The molecule has 7 nitrogen and oxygen atoms in total. The van der Waals surface area contributed by atoms with Crippen LogP contribution in [0.15, 0.2) is 10.9 Å². The Labute approximate surface area is 145 Å². The summed E-state index contributed by atoms with van der Waals surface area (Å²) in [4.78, 5) is 27.2. The van der Waals surface area contributed by atoms with Crippen LogP contribution in [0.3, 0.4) is 0 Å². The van der Waals surface area contributed by atoms with Crippen molar-refractivity contribution in [2.45, 2.75) is 37.2 Å². The average Bonchev–Trinajstić information content (AvgIpc) is 3.17. The van der Waals surface area contributed by atoms with E-state index in [1.54, 1.807) is 10.9 Å². The van der Waals surface area contributed by atoms with Crippen LogP contribution in [-0.2, 0) is 9.53 Å². The zero-order chi connectivity index (χ0) is 18.6. The first kappa shape index (κ1) is 19.6. The maximum Gasteiger partial charge on any atom is 0.490 e. The quantitative estimate of drug-likeness (QED) is 0.804. The van der Waals surface area contributed by atoms with Gasteiger partial charge in [0.2, 0.25) is 0 Å². The molecule has 140 valence electrons. The van der Waals surface area contributed by atoms with E-state index in [9.17, 15) is 18.0 Å². The molecule has 2 aliphatic heterocycles. The van der Waals surface area contributed by atoms with Gasteiger partial charge in [-0.1, -0.05) is 0 Å². The van der Waals surface area contributed by atoms with Gasteiger partial charge in [-0.15, -0.1) is 11.3 Å². The van der Waals surface area contributed by atoms with Crippen molar-refractivity contribution in [2.75, 3.05) is 20.2 Å². The van der Waals surface area contributed by atoms with Crippen LogP contribution in [0.4, 0.5) is 13.2 Å². The lowest BCUT2D eigenvalue weighted by molar-refractivity contribution is -0.192. The Morgan fingerprint density at radius 2 is 2.16 bits per heavy atom. The second-order valence-electron chi connectivity index (χ2n) is 5.74. The third-order valence-electron chi connectivity index (χ3n) is 4.01. The number of nitrogens with zero attached hydrogens (tertiary/aromatic N) is 2. The molecule has 0 unspecified atom stereocenters. The SMILES string of the molecule is CN1C[C@H](NC(=O)c2cscn2)[C@@H]2OCCC[C@@H]21.O=C(O)C(F)(F)F.